The first-order valence-corrected chi connectivity index (χ1v) is 6.63. The summed E-state index contributed by atoms with van der Waals surface area (Å²) >= 11 is 3.11. The van der Waals surface area contributed by atoms with E-state index in [0.29, 0.717) is 5.56 Å². The van der Waals surface area contributed by atoms with Gasteiger partial charge in [-0.3, -0.25) is 0 Å². The fourth-order valence-corrected chi connectivity index (χ4v) is 2.51. The van der Waals surface area contributed by atoms with Gasteiger partial charge >= 0.3 is 5.97 Å². The quantitative estimate of drug-likeness (QED) is 0.733. The van der Waals surface area contributed by atoms with Gasteiger partial charge < -0.3 is 10.1 Å². The molecule has 0 fully saturated rings. The molecule has 3 rings (SSSR count). The summed E-state index contributed by atoms with van der Waals surface area (Å²) in [4.78, 5) is 18.1. The van der Waals surface area contributed by atoms with Crippen molar-refractivity contribution in [2.45, 2.75) is 0 Å². The molecule has 0 aliphatic rings. The number of carbonyl (C=O) groups is 1. The zero-order valence-corrected chi connectivity index (χ0v) is 11.9. The summed E-state index contributed by atoms with van der Waals surface area (Å²) in [5, 5.41) is 9.10. The van der Waals surface area contributed by atoms with Crippen molar-refractivity contribution in [1.82, 2.24) is 9.97 Å². The molecule has 0 radical (unpaired) electrons. The van der Waals surface area contributed by atoms with Crippen LogP contribution in [-0.2, 0) is 0 Å². The highest BCUT2D eigenvalue weighted by molar-refractivity contribution is 9.10. The fourth-order valence-electron chi connectivity index (χ4n) is 2.06. The number of H-pyrrole nitrogens is 1. The Labute approximate surface area is 125 Å². The van der Waals surface area contributed by atoms with Gasteiger partial charge in [0.1, 0.15) is 23.0 Å². The van der Waals surface area contributed by atoms with E-state index >= 15 is 0 Å². The Balaban J connectivity index is 2.29. The van der Waals surface area contributed by atoms with Gasteiger partial charge in [0.15, 0.2) is 0 Å². The Kier molecular flexibility index (Phi) is 3.21. The average molecular weight is 353 g/mol. The summed E-state index contributed by atoms with van der Waals surface area (Å²) in [5.41, 5.74) is 0.525. The highest BCUT2D eigenvalue weighted by Crippen LogP contribution is 2.30. The monoisotopic (exact) mass is 352 g/mol. The van der Waals surface area contributed by atoms with Gasteiger partial charge in [-0.25, -0.2) is 18.6 Å². The normalized spacial score (nSPS) is 11.0. The number of benzene rings is 2. The summed E-state index contributed by atoms with van der Waals surface area (Å²) in [5.74, 6) is -2.19. The van der Waals surface area contributed by atoms with E-state index in [9.17, 15) is 13.6 Å². The number of halogens is 3. The second-order valence-electron chi connectivity index (χ2n) is 4.34. The van der Waals surface area contributed by atoms with Crippen LogP contribution < -0.4 is 0 Å². The topological polar surface area (TPSA) is 66.0 Å². The molecular weight excluding hydrogens is 346 g/mol. The molecule has 4 nitrogen and oxygen atoms in total. The second-order valence-corrected chi connectivity index (χ2v) is 5.13. The van der Waals surface area contributed by atoms with E-state index in [2.05, 4.69) is 25.9 Å². The van der Waals surface area contributed by atoms with Crippen LogP contribution in [-0.4, -0.2) is 21.0 Å². The van der Waals surface area contributed by atoms with Gasteiger partial charge in [0, 0.05) is 5.56 Å². The third-order valence-corrected chi connectivity index (χ3v) is 3.79. The highest BCUT2D eigenvalue weighted by atomic mass is 79.9. The van der Waals surface area contributed by atoms with Gasteiger partial charge in [0.2, 0.25) is 0 Å². The molecule has 7 heteroatoms. The van der Waals surface area contributed by atoms with Crippen LogP contribution >= 0.6 is 15.9 Å². The first-order chi connectivity index (χ1) is 9.97. The second kappa shape index (κ2) is 4.92. The van der Waals surface area contributed by atoms with Crippen molar-refractivity contribution in [3.05, 3.63) is 52.0 Å². The smallest absolute Gasteiger partial charge is 0.338 e. The molecule has 0 aliphatic heterocycles. The van der Waals surface area contributed by atoms with E-state index in [1.165, 1.54) is 12.1 Å². The van der Waals surface area contributed by atoms with E-state index in [1.54, 1.807) is 6.07 Å². The van der Waals surface area contributed by atoms with Crippen LogP contribution in [0, 0.1) is 11.6 Å². The first kappa shape index (κ1) is 13.7. The number of carboxylic acid groups (broad SMARTS) is 1. The maximum atomic E-state index is 13.5. The maximum absolute atomic E-state index is 13.5. The van der Waals surface area contributed by atoms with Crippen LogP contribution in [0.1, 0.15) is 10.4 Å². The molecule has 0 saturated heterocycles. The lowest BCUT2D eigenvalue weighted by atomic mass is 10.2. The van der Waals surface area contributed by atoms with Gasteiger partial charge in [0.25, 0.3) is 0 Å². The minimum absolute atomic E-state index is 0.120. The third-order valence-electron chi connectivity index (χ3n) is 2.99. The van der Waals surface area contributed by atoms with Crippen molar-refractivity contribution in [1.29, 1.82) is 0 Å². The lowest BCUT2D eigenvalue weighted by molar-refractivity contribution is 0.0698. The van der Waals surface area contributed by atoms with Crippen LogP contribution in [0.15, 0.2) is 34.8 Å². The van der Waals surface area contributed by atoms with Crippen LogP contribution in [0.25, 0.3) is 22.4 Å². The van der Waals surface area contributed by atoms with E-state index in [-0.39, 0.29) is 26.9 Å². The zero-order chi connectivity index (χ0) is 15.1. The lowest BCUT2D eigenvalue weighted by Gasteiger charge is -2.01. The number of rotatable bonds is 2. The van der Waals surface area contributed by atoms with Crippen LogP contribution in [0.4, 0.5) is 8.78 Å². The van der Waals surface area contributed by atoms with E-state index in [4.69, 9.17) is 5.11 Å². The molecule has 0 bridgehead atoms. The predicted molar refractivity (Wildman–Crippen MR) is 76.1 cm³/mol. The van der Waals surface area contributed by atoms with Crippen molar-refractivity contribution in [3.63, 3.8) is 0 Å². The van der Waals surface area contributed by atoms with Crippen LogP contribution in [0.3, 0.4) is 0 Å². The molecule has 0 spiro atoms. The van der Waals surface area contributed by atoms with Gasteiger partial charge in [-0.2, -0.15) is 0 Å². The van der Waals surface area contributed by atoms with Crippen molar-refractivity contribution < 1.29 is 18.7 Å². The highest BCUT2D eigenvalue weighted by Gasteiger charge is 2.17. The summed E-state index contributed by atoms with van der Waals surface area (Å²) in [6, 6.07) is 6.43. The number of hydrogen-bond acceptors (Lipinski definition) is 2. The zero-order valence-electron chi connectivity index (χ0n) is 10.3. The van der Waals surface area contributed by atoms with Gasteiger partial charge in [-0.05, 0) is 40.2 Å². The molecule has 2 aromatic carbocycles. The number of hydrogen-bond donors (Lipinski definition) is 2. The number of nitrogens with zero attached hydrogens (tertiary/aromatic N) is 1. The molecule has 0 atom stereocenters. The SMILES string of the molecule is O=C(O)c1cc(F)cc2[nH]c(-c3cccc(F)c3Br)nc12. The molecule has 0 unspecified atom stereocenters. The minimum Gasteiger partial charge on any atom is -0.478 e. The van der Waals surface area contributed by atoms with E-state index < -0.39 is 17.6 Å². The molecule has 106 valence electrons. The summed E-state index contributed by atoms with van der Waals surface area (Å²) in [6.45, 7) is 0. The van der Waals surface area contributed by atoms with Crippen molar-refractivity contribution in [2.75, 3.05) is 0 Å². The standard InChI is InChI=1S/C14H7BrF2N2O2/c15-11-7(2-1-3-9(11)17)13-18-10-5-6(16)4-8(14(20)21)12(10)19-13/h1-5H,(H,18,19)(H,20,21). The lowest BCUT2D eigenvalue weighted by Crippen LogP contribution is -1.98. The number of imidazole rings is 1. The number of nitrogens with one attached hydrogen (secondary N) is 1. The maximum Gasteiger partial charge on any atom is 0.338 e. The number of aromatic carboxylic acids is 1. The molecule has 1 aromatic heterocycles. The molecule has 0 aliphatic carbocycles. The van der Waals surface area contributed by atoms with Gasteiger partial charge in [-0.1, -0.05) is 6.07 Å². The van der Waals surface area contributed by atoms with Crippen molar-refractivity contribution in [3.8, 4) is 11.4 Å². The number of carboxylic acids is 1. The molecule has 21 heavy (non-hydrogen) atoms. The molecule has 3 aromatic rings. The van der Waals surface area contributed by atoms with E-state index in [1.807, 2.05) is 0 Å². The largest absolute Gasteiger partial charge is 0.478 e. The molecular formula is C14H7BrF2N2O2. The summed E-state index contributed by atoms with van der Waals surface area (Å²) in [6.07, 6.45) is 0. The Morgan fingerprint density at radius 1 is 1.29 bits per heavy atom. The Bertz CT molecular complexity index is 877. The Morgan fingerprint density at radius 3 is 2.76 bits per heavy atom. The number of aromatic nitrogens is 2. The van der Waals surface area contributed by atoms with E-state index in [0.717, 1.165) is 12.1 Å². The predicted octanol–water partition coefficient (Wildman–Crippen LogP) is 3.97. The molecule has 1 heterocycles. The average Bonchev–Trinajstić information content (AvgIpc) is 2.84. The van der Waals surface area contributed by atoms with Crippen LogP contribution in [0.5, 0.6) is 0 Å². The minimum atomic E-state index is -1.28. The van der Waals surface area contributed by atoms with Crippen LogP contribution in [0.2, 0.25) is 0 Å². The van der Waals surface area contributed by atoms with Gasteiger partial charge in [0.05, 0.1) is 15.6 Å². The number of fused-ring (bicyclic) bond motifs is 1. The first-order valence-electron chi connectivity index (χ1n) is 5.84. The van der Waals surface area contributed by atoms with Crippen molar-refractivity contribution in [2.24, 2.45) is 0 Å². The Morgan fingerprint density at radius 2 is 2.05 bits per heavy atom. The number of aromatic amines is 1. The summed E-state index contributed by atoms with van der Waals surface area (Å²) < 4.78 is 27.2. The molecule has 0 amide bonds. The fraction of sp³-hybridized carbons (Fsp3) is 0. The summed E-state index contributed by atoms with van der Waals surface area (Å²) in [7, 11) is 0. The Hall–Kier alpha value is -2.28. The molecule has 0 saturated carbocycles. The van der Waals surface area contributed by atoms with Crippen molar-refractivity contribution >= 4 is 32.9 Å². The third kappa shape index (κ3) is 2.29. The molecule has 2 N–H and O–H groups in total. The van der Waals surface area contributed by atoms with Gasteiger partial charge in [-0.15, -0.1) is 0 Å².